The number of morpholine rings is 1. The average Bonchev–Trinajstić information content (AvgIpc) is 3.38. The summed E-state index contributed by atoms with van der Waals surface area (Å²) in [6.07, 6.45) is 3.10. The molecule has 2 atom stereocenters. The first-order valence-corrected chi connectivity index (χ1v) is 10.3. The van der Waals surface area contributed by atoms with Gasteiger partial charge in [-0.3, -0.25) is 9.69 Å². The van der Waals surface area contributed by atoms with E-state index in [4.69, 9.17) is 25.8 Å². The van der Waals surface area contributed by atoms with E-state index in [9.17, 15) is 10.1 Å². The monoisotopic (exact) mass is 430 g/mol. The van der Waals surface area contributed by atoms with Crippen LogP contribution in [0, 0.1) is 11.3 Å². The van der Waals surface area contributed by atoms with E-state index in [1.807, 2.05) is 18.7 Å². The molecule has 0 aromatic carbocycles. The summed E-state index contributed by atoms with van der Waals surface area (Å²) in [6, 6.07) is 5.61. The third-order valence-corrected chi connectivity index (χ3v) is 5.84. The van der Waals surface area contributed by atoms with Gasteiger partial charge < -0.3 is 18.5 Å². The summed E-state index contributed by atoms with van der Waals surface area (Å²) in [6.45, 7) is 5.39. The number of amides is 1. The molecule has 0 saturated carbocycles. The zero-order chi connectivity index (χ0) is 20.5. The second kappa shape index (κ2) is 8.02. The van der Waals surface area contributed by atoms with Gasteiger partial charge in [0.05, 0.1) is 29.9 Å². The van der Waals surface area contributed by atoms with Crippen LogP contribution in [0.3, 0.4) is 0 Å². The minimum Gasteiger partial charge on any atom is -0.467 e. The quantitative estimate of drug-likeness (QED) is 0.535. The lowest BCUT2D eigenvalue weighted by Gasteiger charge is -2.34. The summed E-state index contributed by atoms with van der Waals surface area (Å²) < 4.78 is 17.3. The Bertz CT molecular complexity index is 998. The van der Waals surface area contributed by atoms with Gasteiger partial charge in [-0.1, -0.05) is 24.0 Å². The predicted molar refractivity (Wildman–Crippen MR) is 111 cm³/mol. The lowest BCUT2D eigenvalue weighted by atomic mass is 10.2. The summed E-state index contributed by atoms with van der Waals surface area (Å²) in [5.41, 5.74) is 0.184. The number of rotatable bonds is 4. The van der Waals surface area contributed by atoms with Crippen molar-refractivity contribution in [1.29, 1.82) is 5.26 Å². The Kier molecular flexibility index (Phi) is 5.45. The standard InChI is InChI=1S/C19H18N4O4S2/c1-11-8-22(9-12(2)26-11)18-14(7-20)21-16(27-18)6-15-17(24)23(19(28)29-15)10-13-4-3-5-25-13/h3-6,11-12H,8-10H2,1-2H3/b15-6+/t11-,12-/m0/s1. The molecule has 1 amide bonds. The molecule has 2 aliphatic rings. The molecule has 150 valence electrons. The van der Waals surface area contributed by atoms with E-state index in [2.05, 4.69) is 11.1 Å². The third-order valence-electron chi connectivity index (χ3n) is 4.46. The number of hydrogen-bond acceptors (Lipinski definition) is 9. The van der Waals surface area contributed by atoms with Crippen molar-refractivity contribution in [2.45, 2.75) is 32.6 Å². The number of nitriles is 1. The lowest BCUT2D eigenvalue weighted by molar-refractivity contribution is -0.122. The Morgan fingerprint density at radius 2 is 2.17 bits per heavy atom. The molecule has 2 saturated heterocycles. The van der Waals surface area contributed by atoms with Crippen LogP contribution in [-0.4, -0.2) is 45.4 Å². The van der Waals surface area contributed by atoms with Crippen molar-refractivity contribution >= 4 is 46.2 Å². The zero-order valence-corrected chi connectivity index (χ0v) is 17.5. The van der Waals surface area contributed by atoms with E-state index in [1.165, 1.54) is 22.7 Å². The highest BCUT2D eigenvalue weighted by molar-refractivity contribution is 8.26. The Morgan fingerprint density at radius 3 is 2.83 bits per heavy atom. The molecule has 2 fully saturated rings. The van der Waals surface area contributed by atoms with Crippen LogP contribution < -0.4 is 4.90 Å². The molecule has 4 heterocycles. The fourth-order valence-electron chi connectivity index (χ4n) is 3.33. The molecule has 2 aromatic rings. The molecular formula is C19H18N4O4S2. The number of anilines is 1. The number of furan rings is 1. The normalized spacial score (nSPS) is 23.8. The minimum absolute atomic E-state index is 0.0108. The molecule has 29 heavy (non-hydrogen) atoms. The fraction of sp³-hybridized carbons (Fsp3) is 0.368. The van der Waals surface area contributed by atoms with Crippen molar-refractivity contribution in [3.63, 3.8) is 0 Å². The van der Waals surface area contributed by atoms with Gasteiger partial charge in [0.2, 0.25) is 17.5 Å². The van der Waals surface area contributed by atoms with Crippen LogP contribution in [0.15, 0.2) is 32.1 Å². The lowest BCUT2D eigenvalue weighted by Crippen LogP contribution is -2.45. The number of aromatic nitrogens is 1. The number of nitrogens with zero attached hydrogens (tertiary/aromatic N) is 4. The largest absolute Gasteiger partial charge is 0.467 e. The minimum atomic E-state index is -0.247. The van der Waals surface area contributed by atoms with Gasteiger partial charge in [0, 0.05) is 19.2 Å². The molecule has 0 aliphatic carbocycles. The van der Waals surface area contributed by atoms with Crippen molar-refractivity contribution < 1.29 is 18.4 Å². The highest BCUT2D eigenvalue weighted by Gasteiger charge is 2.34. The topological polar surface area (TPSA) is 95.7 Å². The maximum absolute atomic E-state index is 12.7. The van der Waals surface area contributed by atoms with Gasteiger partial charge in [-0.15, -0.1) is 0 Å². The Balaban J connectivity index is 1.57. The molecule has 0 N–H and O–H groups in total. The molecule has 2 aromatic heterocycles. The average molecular weight is 431 g/mol. The van der Waals surface area contributed by atoms with Crippen LogP contribution in [0.2, 0.25) is 0 Å². The summed E-state index contributed by atoms with van der Waals surface area (Å²) in [7, 11) is 0. The molecule has 0 spiro atoms. The van der Waals surface area contributed by atoms with Crippen LogP contribution >= 0.6 is 24.0 Å². The molecule has 0 bridgehead atoms. The van der Waals surface area contributed by atoms with Crippen LogP contribution in [0.1, 0.15) is 31.2 Å². The SMILES string of the molecule is C[C@H]1CN(c2oc(/C=C3/SC(=S)N(Cc4ccco4)C3=O)nc2C#N)C[C@H](C)O1. The smallest absolute Gasteiger partial charge is 0.266 e. The summed E-state index contributed by atoms with van der Waals surface area (Å²) >= 11 is 6.49. The highest BCUT2D eigenvalue weighted by atomic mass is 32.2. The van der Waals surface area contributed by atoms with Gasteiger partial charge in [0.25, 0.3) is 5.91 Å². The second-order valence-corrected chi connectivity index (χ2v) is 8.50. The van der Waals surface area contributed by atoms with Crippen molar-refractivity contribution in [3.05, 3.63) is 40.6 Å². The number of hydrogen-bond donors (Lipinski definition) is 0. The highest BCUT2D eigenvalue weighted by Crippen LogP contribution is 2.34. The fourth-order valence-corrected chi connectivity index (χ4v) is 4.55. The first kappa shape index (κ1) is 19.7. The first-order valence-electron chi connectivity index (χ1n) is 9.03. The molecule has 10 heteroatoms. The summed E-state index contributed by atoms with van der Waals surface area (Å²) in [5, 5.41) is 9.47. The number of ether oxygens (including phenoxy) is 1. The van der Waals surface area contributed by atoms with E-state index in [0.29, 0.717) is 34.0 Å². The van der Waals surface area contributed by atoms with Crippen molar-refractivity contribution in [1.82, 2.24) is 9.88 Å². The number of carbonyl (C=O) groups excluding carboxylic acids is 1. The maximum atomic E-state index is 12.7. The van der Waals surface area contributed by atoms with Crippen LogP contribution in [0.4, 0.5) is 5.88 Å². The number of thiocarbonyl (C=S) groups is 1. The van der Waals surface area contributed by atoms with Crippen molar-refractivity contribution in [3.8, 4) is 6.07 Å². The van der Waals surface area contributed by atoms with Gasteiger partial charge in [-0.05, 0) is 26.0 Å². The molecular weight excluding hydrogens is 412 g/mol. The van der Waals surface area contributed by atoms with Crippen LogP contribution in [0.5, 0.6) is 0 Å². The number of oxazole rings is 1. The zero-order valence-electron chi connectivity index (χ0n) is 15.8. The molecule has 0 radical (unpaired) electrons. The van der Waals surface area contributed by atoms with Crippen molar-refractivity contribution in [2.24, 2.45) is 0 Å². The molecule has 4 rings (SSSR count). The van der Waals surface area contributed by atoms with Gasteiger partial charge in [-0.25, -0.2) is 0 Å². The van der Waals surface area contributed by atoms with Crippen molar-refractivity contribution in [2.75, 3.05) is 18.0 Å². The first-order chi connectivity index (χ1) is 13.9. The van der Waals surface area contributed by atoms with Gasteiger partial charge in [0.15, 0.2) is 0 Å². The third kappa shape index (κ3) is 4.07. The van der Waals surface area contributed by atoms with E-state index in [-0.39, 0.29) is 36.2 Å². The van der Waals surface area contributed by atoms with Gasteiger partial charge >= 0.3 is 0 Å². The van der Waals surface area contributed by atoms with E-state index in [1.54, 1.807) is 18.4 Å². The summed E-state index contributed by atoms with van der Waals surface area (Å²) in [5.74, 6) is 0.986. The van der Waals surface area contributed by atoms with E-state index < -0.39 is 0 Å². The van der Waals surface area contributed by atoms with E-state index in [0.717, 1.165) is 0 Å². The van der Waals surface area contributed by atoms with Crippen LogP contribution in [0.25, 0.3) is 6.08 Å². The van der Waals surface area contributed by atoms with Gasteiger partial charge in [0.1, 0.15) is 16.2 Å². The Morgan fingerprint density at radius 1 is 1.41 bits per heavy atom. The molecule has 0 unspecified atom stereocenters. The number of carbonyl (C=O) groups is 1. The summed E-state index contributed by atoms with van der Waals surface area (Å²) in [4.78, 5) is 20.8. The number of thioether (sulfide) groups is 1. The van der Waals surface area contributed by atoms with E-state index >= 15 is 0 Å². The second-order valence-electron chi connectivity index (χ2n) is 6.83. The van der Waals surface area contributed by atoms with Crippen LogP contribution in [-0.2, 0) is 16.1 Å². The van der Waals surface area contributed by atoms with Gasteiger partial charge in [-0.2, -0.15) is 10.2 Å². The molecule has 8 nitrogen and oxygen atoms in total. The Labute approximate surface area is 177 Å². The molecule has 2 aliphatic heterocycles. The predicted octanol–water partition coefficient (Wildman–Crippen LogP) is 3.15. The maximum Gasteiger partial charge on any atom is 0.266 e. The Hall–Kier alpha value is -2.61.